The summed E-state index contributed by atoms with van der Waals surface area (Å²) in [5.74, 6) is 1.54. The van der Waals surface area contributed by atoms with Gasteiger partial charge in [0.1, 0.15) is 5.60 Å². The summed E-state index contributed by atoms with van der Waals surface area (Å²) < 4.78 is 33.8. The highest BCUT2D eigenvalue weighted by atomic mass is 16.7. The minimum atomic E-state index is -1.62. The molecule has 1 aliphatic carbocycles. The zero-order valence-corrected chi connectivity index (χ0v) is 18.5. The Balaban J connectivity index is 2.20. The zero-order chi connectivity index (χ0) is 22.5. The molecule has 8 nitrogen and oxygen atoms in total. The largest absolute Gasteiger partial charge is 0.493 e. The summed E-state index contributed by atoms with van der Waals surface area (Å²) in [5, 5.41) is 11.2. The summed E-state index contributed by atoms with van der Waals surface area (Å²) >= 11 is 0. The van der Waals surface area contributed by atoms with Gasteiger partial charge in [-0.15, -0.1) is 0 Å². The molecule has 2 aliphatic rings. The van der Waals surface area contributed by atoms with Gasteiger partial charge in [-0.1, -0.05) is 6.92 Å². The minimum Gasteiger partial charge on any atom is -0.493 e. The van der Waals surface area contributed by atoms with E-state index < -0.39 is 17.3 Å². The summed E-state index contributed by atoms with van der Waals surface area (Å²) in [4.78, 5) is 13.6. The molecule has 31 heavy (non-hydrogen) atoms. The molecule has 0 unspecified atom stereocenters. The first-order valence-corrected chi connectivity index (χ1v) is 9.90. The second-order valence-corrected chi connectivity index (χ2v) is 7.83. The number of hydrogen-bond acceptors (Lipinski definition) is 8. The average Bonchev–Trinajstić information content (AvgIpc) is 3.23. The monoisotopic (exact) mass is 430 g/mol. The maximum atomic E-state index is 13.6. The normalized spacial score (nSPS) is 21.5. The zero-order valence-electron chi connectivity index (χ0n) is 18.5. The Bertz CT molecular complexity index is 1060. The van der Waals surface area contributed by atoms with E-state index in [0.717, 1.165) is 5.56 Å². The number of methoxy groups -OCH3 is 4. The number of aliphatic hydroxyl groups is 1. The van der Waals surface area contributed by atoms with Gasteiger partial charge in [-0.25, -0.2) is 0 Å². The van der Waals surface area contributed by atoms with Crippen LogP contribution in [0.1, 0.15) is 29.8 Å². The van der Waals surface area contributed by atoms with Crippen LogP contribution in [0.5, 0.6) is 34.5 Å². The van der Waals surface area contributed by atoms with E-state index in [1.54, 1.807) is 6.07 Å². The van der Waals surface area contributed by atoms with E-state index in [0.29, 0.717) is 52.0 Å². The molecule has 2 atom stereocenters. The lowest BCUT2D eigenvalue weighted by molar-refractivity contribution is 0.0129. The van der Waals surface area contributed by atoms with Crippen LogP contribution in [0.2, 0.25) is 0 Å². The van der Waals surface area contributed by atoms with Crippen molar-refractivity contribution in [2.75, 3.05) is 35.2 Å². The van der Waals surface area contributed by atoms with E-state index in [2.05, 4.69) is 0 Å². The van der Waals surface area contributed by atoms with Crippen molar-refractivity contribution >= 4 is 5.78 Å². The van der Waals surface area contributed by atoms with Gasteiger partial charge in [-0.05, 0) is 37.0 Å². The molecule has 2 aromatic carbocycles. The fourth-order valence-corrected chi connectivity index (χ4v) is 4.30. The van der Waals surface area contributed by atoms with Gasteiger partial charge in [0.25, 0.3) is 0 Å². The second-order valence-electron chi connectivity index (χ2n) is 7.83. The Morgan fingerprint density at radius 3 is 2.26 bits per heavy atom. The quantitative estimate of drug-likeness (QED) is 0.790. The molecule has 0 fully saturated rings. The van der Waals surface area contributed by atoms with Gasteiger partial charge in [-0.2, -0.15) is 0 Å². The molecule has 0 saturated carbocycles. The third-order valence-electron chi connectivity index (χ3n) is 6.18. The number of ether oxygens (including phenoxy) is 6. The summed E-state index contributed by atoms with van der Waals surface area (Å²) in [6, 6.07) is 3.43. The highest BCUT2D eigenvalue weighted by molar-refractivity contribution is 6.11. The molecular formula is C23H26O8. The summed E-state index contributed by atoms with van der Waals surface area (Å²) in [6.07, 6.45) is 0.401. The van der Waals surface area contributed by atoms with Gasteiger partial charge in [-0.3, -0.25) is 4.79 Å². The van der Waals surface area contributed by atoms with E-state index in [9.17, 15) is 9.90 Å². The van der Waals surface area contributed by atoms with E-state index in [1.807, 2.05) is 13.0 Å². The first-order valence-electron chi connectivity index (χ1n) is 9.90. The van der Waals surface area contributed by atoms with Gasteiger partial charge in [0.15, 0.2) is 28.8 Å². The molecule has 166 valence electrons. The van der Waals surface area contributed by atoms with Crippen molar-refractivity contribution in [3.05, 3.63) is 23.3 Å². The van der Waals surface area contributed by atoms with E-state index in [-0.39, 0.29) is 12.4 Å². The van der Waals surface area contributed by atoms with E-state index in [1.165, 1.54) is 35.4 Å². The van der Waals surface area contributed by atoms with Crippen molar-refractivity contribution < 1.29 is 38.3 Å². The second kappa shape index (κ2) is 7.53. The third-order valence-corrected chi connectivity index (χ3v) is 6.18. The maximum Gasteiger partial charge on any atom is 0.231 e. The molecule has 0 aromatic heterocycles. The highest BCUT2D eigenvalue weighted by Gasteiger charge is 2.44. The maximum absolute atomic E-state index is 13.6. The van der Waals surface area contributed by atoms with Crippen molar-refractivity contribution in [2.45, 2.75) is 25.9 Å². The Kier molecular flexibility index (Phi) is 5.13. The lowest BCUT2D eigenvalue weighted by Crippen LogP contribution is -2.43. The van der Waals surface area contributed by atoms with Gasteiger partial charge in [0.2, 0.25) is 18.3 Å². The smallest absolute Gasteiger partial charge is 0.231 e. The van der Waals surface area contributed by atoms with E-state index >= 15 is 0 Å². The summed E-state index contributed by atoms with van der Waals surface area (Å²) in [6.45, 7) is 3.43. The number of Topliss-reactive ketones (excluding diaryl/α,β-unsaturated/α-hetero) is 1. The predicted molar refractivity (Wildman–Crippen MR) is 112 cm³/mol. The van der Waals surface area contributed by atoms with Crippen molar-refractivity contribution in [1.82, 2.24) is 0 Å². The van der Waals surface area contributed by atoms with Crippen LogP contribution in [-0.2, 0) is 6.42 Å². The molecular weight excluding hydrogens is 404 g/mol. The fraction of sp³-hybridized carbons (Fsp3) is 0.435. The molecule has 4 rings (SSSR count). The minimum absolute atomic E-state index is 0.0662. The molecule has 0 amide bonds. The number of hydrogen-bond donors (Lipinski definition) is 1. The van der Waals surface area contributed by atoms with Gasteiger partial charge in [0, 0.05) is 16.7 Å². The third kappa shape index (κ3) is 2.96. The highest BCUT2D eigenvalue weighted by Crippen LogP contribution is 2.56. The molecule has 1 aliphatic heterocycles. The van der Waals surface area contributed by atoms with Crippen LogP contribution in [-0.4, -0.2) is 51.7 Å². The van der Waals surface area contributed by atoms with Crippen LogP contribution in [0, 0.1) is 5.92 Å². The molecule has 0 saturated heterocycles. The van der Waals surface area contributed by atoms with Crippen molar-refractivity contribution in [3.63, 3.8) is 0 Å². The van der Waals surface area contributed by atoms with Crippen molar-refractivity contribution in [3.8, 4) is 45.6 Å². The van der Waals surface area contributed by atoms with Crippen LogP contribution >= 0.6 is 0 Å². The molecule has 0 bridgehead atoms. The van der Waals surface area contributed by atoms with Crippen LogP contribution in [0.25, 0.3) is 11.1 Å². The van der Waals surface area contributed by atoms with Gasteiger partial charge >= 0.3 is 0 Å². The lowest BCUT2D eigenvalue weighted by atomic mass is 9.74. The summed E-state index contributed by atoms with van der Waals surface area (Å²) in [7, 11) is 5.99. The molecule has 2 aromatic rings. The lowest BCUT2D eigenvalue weighted by Gasteiger charge is -2.34. The first kappa shape index (κ1) is 21.1. The number of benzene rings is 2. The Hall–Kier alpha value is -3.13. The standard InChI is InChI=1S/C23H26O8/c1-11-7-12-8-15-19(31-10-30-15)20(28-5)16(12)17-13(22(24)23(11,2)25)9-14(26-3)18(27-4)21(17)29-6/h8-9,11,25H,7,10H2,1-6H3/t11-,23-/m0/s1. The Morgan fingerprint density at radius 1 is 0.968 bits per heavy atom. The number of fused-ring (bicyclic) bond motifs is 4. The van der Waals surface area contributed by atoms with Crippen molar-refractivity contribution in [1.29, 1.82) is 0 Å². The average molecular weight is 430 g/mol. The first-order chi connectivity index (χ1) is 14.8. The van der Waals surface area contributed by atoms with Gasteiger partial charge in [0.05, 0.1) is 28.4 Å². The molecule has 1 heterocycles. The number of ketones is 1. The molecule has 1 N–H and O–H groups in total. The number of rotatable bonds is 4. The fourth-order valence-electron chi connectivity index (χ4n) is 4.30. The van der Waals surface area contributed by atoms with Crippen molar-refractivity contribution in [2.24, 2.45) is 5.92 Å². The predicted octanol–water partition coefficient (Wildman–Crippen LogP) is 3.24. The van der Waals surface area contributed by atoms with Gasteiger partial charge < -0.3 is 33.5 Å². The number of carbonyl (C=O) groups is 1. The van der Waals surface area contributed by atoms with Crippen LogP contribution in [0.15, 0.2) is 12.1 Å². The SMILES string of the molecule is COc1cc2c(c(OC)c1OC)-c1c(cc3c(c1OC)OCO3)C[C@H](C)[C@](C)(O)C2=O. The molecule has 0 spiro atoms. The topological polar surface area (TPSA) is 92.7 Å². The number of carbonyl (C=O) groups excluding carboxylic acids is 1. The molecule has 8 heteroatoms. The van der Waals surface area contributed by atoms with Crippen LogP contribution < -0.4 is 28.4 Å². The van der Waals surface area contributed by atoms with Crippen LogP contribution in [0.3, 0.4) is 0 Å². The molecule has 0 radical (unpaired) electrons. The van der Waals surface area contributed by atoms with Crippen LogP contribution in [0.4, 0.5) is 0 Å². The summed E-state index contributed by atoms with van der Waals surface area (Å²) in [5.41, 5.74) is 0.524. The Morgan fingerprint density at radius 2 is 1.65 bits per heavy atom. The van der Waals surface area contributed by atoms with E-state index in [4.69, 9.17) is 28.4 Å². The Labute approximate surface area is 180 Å².